The van der Waals surface area contributed by atoms with Crippen molar-refractivity contribution in [3.05, 3.63) is 142 Å². The highest BCUT2D eigenvalue weighted by molar-refractivity contribution is 6.04. The van der Waals surface area contributed by atoms with Gasteiger partial charge in [-0.2, -0.15) is 0 Å². The fourth-order valence-electron chi connectivity index (χ4n) is 3.91. The maximum Gasteiger partial charge on any atom is -0.00267 e. The monoisotopic (exact) mass is 388 g/mol. The molecule has 0 amide bonds. The summed E-state index contributed by atoms with van der Waals surface area (Å²) in [6.45, 7) is 8.73. The van der Waals surface area contributed by atoms with E-state index in [-0.39, 0.29) is 0 Å². The zero-order valence-corrected chi connectivity index (χ0v) is 18.2. The lowest BCUT2D eigenvalue weighted by atomic mass is 9.84. The second kappa shape index (κ2) is 8.55. The second-order valence-electron chi connectivity index (χ2n) is 8.08. The summed E-state index contributed by atoms with van der Waals surface area (Å²) >= 11 is 0. The normalized spacial score (nSPS) is 11.9. The van der Waals surface area contributed by atoms with Crippen molar-refractivity contribution < 1.29 is 0 Å². The van der Waals surface area contributed by atoms with Gasteiger partial charge in [0.15, 0.2) is 0 Å². The molecule has 4 aromatic carbocycles. The van der Waals surface area contributed by atoms with Gasteiger partial charge in [-0.1, -0.05) is 97.1 Å². The maximum absolute atomic E-state index is 2.32. The van der Waals surface area contributed by atoms with Gasteiger partial charge in [0.1, 0.15) is 0 Å². The second-order valence-corrected chi connectivity index (χ2v) is 8.08. The number of hydrogen-bond donors (Lipinski definition) is 0. The third kappa shape index (κ3) is 4.00. The molecule has 4 rings (SSSR count). The number of aryl methyl sites for hydroxylation is 4. The molecule has 0 nitrogen and oxygen atoms in total. The van der Waals surface area contributed by atoms with Crippen LogP contribution in [0.15, 0.2) is 97.1 Å². The van der Waals surface area contributed by atoms with Gasteiger partial charge in [-0.05, 0) is 83.3 Å². The maximum atomic E-state index is 2.32. The number of rotatable bonds is 4. The summed E-state index contributed by atoms with van der Waals surface area (Å²) in [5.41, 5.74) is 12.8. The highest BCUT2D eigenvalue weighted by atomic mass is 14.2. The fraction of sp³-hybridized carbons (Fsp3) is 0.133. The van der Waals surface area contributed by atoms with E-state index in [9.17, 15) is 0 Å². The average Bonchev–Trinajstić information content (AvgIpc) is 2.77. The van der Waals surface area contributed by atoms with E-state index >= 15 is 0 Å². The summed E-state index contributed by atoms with van der Waals surface area (Å²) in [4.78, 5) is 0. The first-order valence-electron chi connectivity index (χ1n) is 10.5. The Morgan fingerprint density at radius 2 is 0.733 bits per heavy atom. The summed E-state index contributed by atoms with van der Waals surface area (Å²) in [6.07, 6.45) is 0. The lowest BCUT2D eigenvalue weighted by Gasteiger charge is -2.19. The quantitative estimate of drug-likeness (QED) is 0.311. The van der Waals surface area contributed by atoms with Crippen LogP contribution in [0.1, 0.15) is 44.5 Å². The Morgan fingerprint density at radius 3 is 1.07 bits per heavy atom. The third-order valence-electron chi connectivity index (χ3n) is 5.97. The van der Waals surface area contributed by atoms with Crippen molar-refractivity contribution in [2.24, 2.45) is 0 Å². The summed E-state index contributed by atoms with van der Waals surface area (Å²) in [5.74, 6) is 0. The standard InChI is InChI=1S/C30H28/c1-21-15-17-27(19-23(21)3)29(25-11-7-5-8-12-25)30(26-13-9-6-10-14-26)28-18-16-22(2)24(4)20-28/h5-20H,1-4H3/b30-29+. The van der Waals surface area contributed by atoms with Crippen LogP contribution in [-0.2, 0) is 0 Å². The molecule has 0 aliphatic rings. The van der Waals surface area contributed by atoms with E-state index in [2.05, 4.69) is 125 Å². The van der Waals surface area contributed by atoms with Crippen molar-refractivity contribution in [3.63, 3.8) is 0 Å². The molecular weight excluding hydrogens is 360 g/mol. The molecule has 0 aromatic heterocycles. The topological polar surface area (TPSA) is 0 Å². The minimum atomic E-state index is 1.23. The Morgan fingerprint density at radius 1 is 0.367 bits per heavy atom. The van der Waals surface area contributed by atoms with E-state index < -0.39 is 0 Å². The van der Waals surface area contributed by atoms with E-state index in [4.69, 9.17) is 0 Å². The molecule has 0 spiro atoms. The molecule has 0 heterocycles. The molecule has 148 valence electrons. The van der Waals surface area contributed by atoms with Crippen LogP contribution >= 0.6 is 0 Å². The van der Waals surface area contributed by atoms with Gasteiger partial charge in [0.05, 0.1) is 0 Å². The third-order valence-corrected chi connectivity index (χ3v) is 5.97. The van der Waals surface area contributed by atoms with E-state index in [1.54, 1.807) is 0 Å². The Bertz CT molecular complexity index is 1100. The summed E-state index contributed by atoms with van der Waals surface area (Å²) < 4.78 is 0. The first-order valence-corrected chi connectivity index (χ1v) is 10.5. The smallest absolute Gasteiger partial charge is 0.00267 e. The molecule has 4 aromatic rings. The molecule has 30 heavy (non-hydrogen) atoms. The van der Waals surface area contributed by atoms with Crippen LogP contribution in [0.4, 0.5) is 0 Å². The highest BCUT2D eigenvalue weighted by Crippen LogP contribution is 2.37. The molecule has 0 atom stereocenters. The van der Waals surface area contributed by atoms with Crippen LogP contribution in [0.3, 0.4) is 0 Å². The molecular formula is C30H28. The molecule has 0 radical (unpaired) electrons. The van der Waals surface area contributed by atoms with Crippen molar-refractivity contribution in [2.75, 3.05) is 0 Å². The van der Waals surface area contributed by atoms with Gasteiger partial charge in [-0.25, -0.2) is 0 Å². The van der Waals surface area contributed by atoms with Gasteiger partial charge in [0, 0.05) is 0 Å². The van der Waals surface area contributed by atoms with Crippen LogP contribution in [0.5, 0.6) is 0 Å². The van der Waals surface area contributed by atoms with E-state index in [0.29, 0.717) is 0 Å². The van der Waals surface area contributed by atoms with Crippen molar-refractivity contribution in [1.29, 1.82) is 0 Å². The Hall–Kier alpha value is -3.38. The minimum Gasteiger partial charge on any atom is -0.0622 e. The number of benzene rings is 4. The van der Waals surface area contributed by atoms with Gasteiger partial charge < -0.3 is 0 Å². The zero-order chi connectivity index (χ0) is 21.1. The molecule has 0 heteroatoms. The molecule has 0 bridgehead atoms. The van der Waals surface area contributed by atoms with E-state index in [1.807, 2.05) is 0 Å². The van der Waals surface area contributed by atoms with Gasteiger partial charge >= 0.3 is 0 Å². The van der Waals surface area contributed by atoms with Crippen LogP contribution < -0.4 is 0 Å². The predicted molar refractivity (Wildman–Crippen MR) is 130 cm³/mol. The molecule has 0 N–H and O–H groups in total. The Kier molecular flexibility index (Phi) is 5.68. The van der Waals surface area contributed by atoms with Crippen LogP contribution in [0.2, 0.25) is 0 Å². The molecule has 0 saturated heterocycles. The fourth-order valence-corrected chi connectivity index (χ4v) is 3.91. The van der Waals surface area contributed by atoms with E-state index in [0.717, 1.165) is 0 Å². The van der Waals surface area contributed by atoms with Crippen molar-refractivity contribution in [2.45, 2.75) is 27.7 Å². The van der Waals surface area contributed by atoms with Crippen molar-refractivity contribution >= 4 is 11.1 Å². The number of hydrogen-bond acceptors (Lipinski definition) is 0. The van der Waals surface area contributed by atoms with Gasteiger partial charge in [0.2, 0.25) is 0 Å². The Balaban J connectivity index is 2.12. The van der Waals surface area contributed by atoms with Crippen molar-refractivity contribution in [1.82, 2.24) is 0 Å². The molecule has 0 aliphatic carbocycles. The van der Waals surface area contributed by atoms with Crippen LogP contribution in [0.25, 0.3) is 11.1 Å². The highest BCUT2D eigenvalue weighted by Gasteiger charge is 2.17. The summed E-state index contributed by atoms with van der Waals surface area (Å²) in [6, 6.07) is 35.2. The lowest BCUT2D eigenvalue weighted by molar-refractivity contribution is 1.32. The van der Waals surface area contributed by atoms with Gasteiger partial charge in [-0.3, -0.25) is 0 Å². The SMILES string of the molecule is Cc1ccc(/C(=C(\c2ccccc2)c2ccc(C)c(C)c2)c2ccccc2)cc1C. The average molecular weight is 389 g/mol. The van der Waals surface area contributed by atoms with Crippen molar-refractivity contribution in [3.8, 4) is 0 Å². The zero-order valence-electron chi connectivity index (χ0n) is 18.2. The predicted octanol–water partition coefficient (Wildman–Crippen LogP) is 7.93. The largest absolute Gasteiger partial charge is 0.0622 e. The Labute approximate surface area is 180 Å². The molecule has 0 unspecified atom stereocenters. The molecule has 0 saturated carbocycles. The molecule has 0 fully saturated rings. The first-order chi connectivity index (χ1) is 14.5. The lowest BCUT2D eigenvalue weighted by Crippen LogP contribution is -1.99. The van der Waals surface area contributed by atoms with Crippen LogP contribution in [-0.4, -0.2) is 0 Å². The first kappa shape index (κ1) is 19.9. The summed E-state index contributed by atoms with van der Waals surface area (Å²) in [5, 5.41) is 0. The van der Waals surface area contributed by atoms with Gasteiger partial charge in [0.25, 0.3) is 0 Å². The van der Waals surface area contributed by atoms with Gasteiger partial charge in [-0.15, -0.1) is 0 Å². The minimum absolute atomic E-state index is 1.23. The molecule has 0 aliphatic heterocycles. The van der Waals surface area contributed by atoms with Crippen LogP contribution in [0, 0.1) is 27.7 Å². The summed E-state index contributed by atoms with van der Waals surface area (Å²) in [7, 11) is 0. The van der Waals surface area contributed by atoms with E-state index in [1.165, 1.54) is 55.7 Å².